The third-order valence-corrected chi connectivity index (χ3v) is 3.10. The van der Waals surface area contributed by atoms with Gasteiger partial charge >= 0.3 is 6.03 Å². The van der Waals surface area contributed by atoms with Gasteiger partial charge in [-0.15, -0.1) is 0 Å². The van der Waals surface area contributed by atoms with E-state index in [2.05, 4.69) is 16.0 Å². The van der Waals surface area contributed by atoms with Crippen LogP contribution in [-0.4, -0.2) is 18.5 Å². The van der Waals surface area contributed by atoms with E-state index in [1.54, 1.807) is 24.3 Å². The predicted octanol–water partition coefficient (Wildman–Crippen LogP) is 2.78. The number of nitrogens with one attached hydrogen (secondary N) is 3. The molecule has 0 saturated heterocycles. The van der Waals surface area contributed by atoms with Crippen LogP contribution in [0.1, 0.15) is 5.56 Å². The van der Waals surface area contributed by atoms with Gasteiger partial charge in [0.15, 0.2) is 0 Å². The molecule has 0 spiro atoms. The van der Waals surface area contributed by atoms with Gasteiger partial charge in [-0.1, -0.05) is 41.9 Å². The number of carbonyl (C=O) groups excluding carboxylic acids is 2. The number of urea groups is 1. The molecule has 5 nitrogen and oxygen atoms in total. The third-order valence-electron chi connectivity index (χ3n) is 2.85. The first-order valence-corrected chi connectivity index (χ1v) is 7.12. The molecule has 0 unspecified atom stereocenters. The van der Waals surface area contributed by atoms with Crippen LogP contribution in [0.2, 0.25) is 5.02 Å². The quantitative estimate of drug-likeness (QED) is 0.794. The Balaban J connectivity index is 1.70. The van der Waals surface area contributed by atoms with Gasteiger partial charge in [0.1, 0.15) is 0 Å². The maximum Gasteiger partial charge on any atom is 0.321 e. The van der Waals surface area contributed by atoms with Crippen LogP contribution in [-0.2, 0) is 11.3 Å². The van der Waals surface area contributed by atoms with Gasteiger partial charge in [-0.3, -0.25) is 10.1 Å². The molecule has 22 heavy (non-hydrogen) atoms. The summed E-state index contributed by atoms with van der Waals surface area (Å²) in [5, 5.41) is 8.39. The number of benzene rings is 2. The Labute approximate surface area is 133 Å². The molecule has 0 radical (unpaired) electrons. The van der Waals surface area contributed by atoms with Gasteiger partial charge in [-0.2, -0.15) is 0 Å². The van der Waals surface area contributed by atoms with E-state index in [9.17, 15) is 9.59 Å². The Hall–Kier alpha value is -2.53. The monoisotopic (exact) mass is 317 g/mol. The van der Waals surface area contributed by atoms with Crippen molar-refractivity contribution < 1.29 is 9.59 Å². The second-order valence-electron chi connectivity index (χ2n) is 4.58. The zero-order chi connectivity index (χ0) is 15.8. The minimum absolute atomic E-state index is 0.000386. The number of rotatable bonds is 5. The summed E-state index contributed by atoms with van der Waals surface area (Å²) < 4.78 is 0. The lowest BCUT2D eigenvalue weighted by atomic mass is 10.2. The Bertz CT molecular complexity index is 630. The maximum atomic E-state index is 11.6. The molecule has 0 saturated carbocycles. The first kappa shape index (κ1) is 15.9. The summed E-state index contributed by atoms with van der Waals surface area (Å²) in [5.74, 6) is -0.416. The molecule has 2 rings (SSSR count). The normalized spacial score (nSPS) is 9.86. The Kier molecular flexibility index (Phi) is 5.80. The van der Waals surface area contributed by atoms with Crippen LogP contribution in [0.4, 0.5) is 10.5 Å². The fraction of sp³-hybridized carbons (Fsp3) is 0.125. The highest BCUT2D eigenvalue weighted by molar-refractivity contribution is 6.30. The molecule has 0 aromatic heterocycles. The number of carbonyl (C=O) groups is 2. The summed E-state index contributed by atoms with van der Waals surface area (Å²) >= 11 is 5.77. The molecule has 0 fully saturated rings. The van der Waals surface area contributed by atoms with Crippen LogP contribution in [0.25, 0.3) is 0 Å². The fourth-order valence-corrected chi connectivity index (χ4v) is 1.87. The summed E-state index contributed by atoms with van der Waals surface area (Å²) in [6.07, 6.45) is 0. The molecule has 0 atom stereocenters. The average Bonchev–Trinajstić information content (AvgIpc) is 2.53. The van der Waals surface area contributed by atoms with Crippen LogP contribution in [0.3, 0.4) is 0 Å². The van der Waals surface area contributed by atoms with E-state index >= 15 is 0 Å². The van der Waals surface area contributed by atoms with Crippen LogP contribution < -0.4 is 16.0 Å². The van der Waals surface area contributed by atoms with Gasteiger partial charge in [-0.25, -0.2) is 4.79 Å². The molecule has 0 aliphatic carbocycles. The summed E-state index contributed by atoms with van der Waals surface area (Å²) in [6.45, 7) is 0.366. The number of hydrogen-bond acceptors (Lipinski definition) is 3. The first-order chi connectivity index (χ1) is 10.6. The van der Waals surface area contributed by atoms with Gasteiger partial charge in [-0.05, 0) is 29.8 Å². The van der Waals surface area contributed by atoms with E-state index in [0.717, 1.165) is 11.3 Å². The van der Waals surface area contributed by atoms with Crippen molar-refractivity contribution in [3.8, 4) is 0 Å². The van der Waals surface area contributed by atoms with E-state index in [4.69, 9.17) is 11.6 Å². The van der Waals surface area contributed by atoms with Gasteiger partial charge in [0.05, 0.1) is 6.54 Å². The zero-order valence-electron chi connectivity index (χ0n) is 11.8. The van der Waals surface area contributed by atoms with Gasteiger partial charge in [0, 0.05) is 17.3 Å². The van der Waals surface area contributed by atoms with Crippen LogP contribution in [0, 0.1) is 0 Å². The van der Waals surface area contributed by atoms with E-state index in [-0.39, 0.29) is 6.54 Å². The SMILES string of the molecule is O=C(CNc1ccc(Cl)cc1)NC(=O)NCc1ccccc1. The zero-order valence-corrected chi connectivity index (χ0v) is 12.6. The molecule has 2 aromatic carbocycles. The van der Waals surface area contributed by atoms with Crippen LogP contribution >= 0.6 is 11.6 Å². The molecule has 0 heterocycles. The number of amides is 3. The highest BCUT2D eigenvalue weighted by atomic mass is 35.5. The lowest BCUT2D eigenvalue weighted by Crippen LogP contribution is -2.41. The topological polar surface area (TPSA) is 70.2 Å². The predicted molar refractivity (Wildman–Crippen MR) is 86.8 cm³/mol. The van der Waals surface area contributed by atoms with Crippen molar-refractivity contribution in [2.45, 2.75) is 6.54 Å². The highest BCUT2D eigenvalue weighted by Gasteiger charge is 2.07. The summed E-state index contributed by atoms with van der Waals surface area (Å²) in [5.41, 5.74) is 1.72. The third kappa shape index (κ3) is 5.46. The molecular weight excluding hydrogens is 302 g/mol. The van der Waals surface area contributed by atoms with Crippen molar-refractivity contribution in [1.29, 1.82) is 0 Å². The molecule has 0 bridgehead atoms. The molecule has 3 N–H and O–H groups in total. The molecular formula is C16H16ClN3O2. The van der Waals surface area contributed by atoms with E-state index in [0.29, 0.717) is 11.6 Å². The molecule has 114 valence electrons. The molecule has 2 aromatic rings. The van der Waals surface area contributed by atoms with Crippen molar-refractivity contribution in [2.75, 3.05) is 11.9 Å². The standard InChI is InChI=1S/C16H16ClN3O2/c17-13-6-8-14(9-7-13)18-11-15(21)20-16(22)19-10-12-4-2-1-3-5-12/h1-9,18H,10-11H2,(H2,19,20,21,22). The molecule has 3 amide bonds. The highest BCUT2D eigenvalue weighted by Crippen LogP contribution is 2.12. The Morgan fingerprint density at radius 1 is 0.955 bits per heavy atom. The van der Waals surface area contributed by atoms with E-state index in [1.165, 1.54) is 0 Å². The van der Waals surface area contributed by atoms with Crippen molar-refractivity contribution in [3.05, 3.63) is 65.2 Å². The van der Waals surface area contributed by atoms with Crippen LogP contribution in [0.15, 0.2) is 54.6 Å². The fourth-order valence-electron chi connectivity index (χ4n) is 1.74. The number of imide groups is 1. The molecule has 0 aliphatic heterocycles. The Morgan fingerprint density at radius 2 is 1.64 bits per heavy atom. The van der Waals surface area contributed by atoms with E-state index in [1.807, 2.05) is 30.3 Å². The smallest absolute Gasteiger partial charge is 0.321 e. The van der Waals surface area contributed by atoms with Crippen molar-refractivity contribution >= 4 is 29.2 Å². The molecule has 6 heteroatoms. The van der Waals surface area contributed by atoms with E-state index < -0.39 is 11.9 Å². The first-order valence-electron chi connectivity index (χ1n) is 6.74. The number of halogens is 1. The van der Waals surface area contributed by atoms with Crippen molar-refractivity contribution in [1.82, 2.24) is 10.6 Å². The lowest BCUT2D eigenvalue weighted by molar-refractivity contribution is -0.118. The number of anilines is 1. The largest absolute Gasteiger partial charge is 0.376 e. The van der Waals surface area contributed by atoms with Crippen LogP contribution in [0.5, 0.6) is 0 Å². The summed E-state index contributed by atoms with van der Waals surface area (Å²) in [4.78, 5) is 23.2. The lowest BCUT2D eigenvalue weighted by Gasteiger charge is -2.08. The number of hydrogen-bond donors (Lipinski definition) is 3. The second-order valence-corrected chi connectivity index (χ2v) is 5.01. The van der Waals surface area contributed by atoms with Gasteiger partial charge < -0.3 is 10.6 Å². The Morgan fingerprint density at radius 3 is 2.32 bits per heavy atom. The summed E-state index contributed by atoms with van der Waals surface area (Å²) in [6, 6.07) is 15.9. The van der Waals surface area contributed by atoms with Gasteiger partial charge in [0.2, 0.25) is 5.91 Å². The second kappa shape index (κ2) is 8.05. The average molecular weight is 318 g/mol. The van der Waals surface area contributed by atoms with Gasteiger partial charge in [0.25, 0.3) is 0 Å². The maximum absolute atomic E-state index is 11.6. The summed E-state index contributed by atoms with van der Waals surface area (Å²) in [7, 11) is 0. The minimum Gasteiger partial charge on any atom is -0.376 e. The van der Waals surface area contributed by atoms with Crippen molar-refractivity contribution in [2.24, 2.45) is 0 Å². The van der Waals surface area contributed by atoms with Crippen molar-refractivity contribution in [3.63, 3.8) is 0 Å². The minimum atomic E-state index is -0.522. The molecule has 0 aliphatic rings.